The van der Waals surface area contributed by atoms with Gasteiger partial charge >= 0.3 is 5.97 Å². The molecule has 0 bridgehead atoms. The third-order valence-corrected chi connectivity index (χ3v) is 4.29. The minimum absolute atomic E-state index is 0.0311. The fourth-order valence-corrected chi connectivity index (χ4v) is 3.00. The largest absolute Gasteiger partial charge is 0.469 e. The summed E-state index contributed by atoms with van der Waals surface area (Å²) >= 11 is 1.54. The van der Waals surface area contributed by atoms with Crippen molar-refractivity contribution in [2.75, 3.05) is 20.2 Å². The Morgan fingerprint density at radius 1 is 1.53 bits per heavy atom. The fourth-order valence-electron chi connectivity index (χ4n) is 2.38. The van der Waals surface area contributed by atoms with E-state index < -0.39 is 0 Å². The van der Waals surface area contributed by atoms with E-state index in [-0.39, 0.29) is 23.7 Å². The van der Waals surface area contributed by atoms with Crippen molar-refractivity contribution in [3.05, 3.63) is 16.1 Å². The lowest BCUT2D eigenvalue weighted by atomic mass is 9.99. The zero-order chi connectivity index (χ0) is 14.0. The molecule has 6 heteroatoms. The fraction of sp³-hybridized carbons (Fsp3) is 0.615. The van der Waals surface area contributed by atoms with Gasteiger partial charge in [-0.25, -0.2) is 4.98 Å². The van der Waals surface area contributed by atoms with Crippen molar-refractivity contribution in [2.45, 2.75) is 20.3 Å². The average molecular weight is 282 g/mol. The van der Waals surface area contributed by atoms with Crippen LogP contribution in [0.2, 0.25) is 0 Å². The number of carbonyl (C=O) groups excluding carboxylic acids is 2. The van der Waals surface area contributed by atoms with Crippen LogP contribution in [-0.4, -0.2) is 42.0 Å². The highest BCUT2D eigenvalue weighted by molar-refractivity contribution is 7.09. The van der Waals surface area contributed by atoms with Gasteiger partial charge in [0.1, 0.15) is 0 Å². The second-order valence-corrected chi connectivity index (χ2v) is 6.00. The third-order valence-electron chi connectivity index (χ3n) is 3.47. The number of thiazole rings is 1. The first-order chi connectivity index (χ1) is 9.01. The Morgan fingerprint density at radius 3 is 2.84 bits per heavy atom. The second-order valence-electron chi connectivity index (χ2n) is 4.94. The summed E-state index contributed by atoms with van der Waals surface area (Å²) in [7, 11) is 1.39. The minimum Gasteiger partial charge on any atom is -0.469 e. The Kier molecular flexibility index (Phi) is 4.19. The molecule has 0 spiro atoms. The van der Waals surface area contributed by atoms with Gasteiger partial charge in [0.05, 0.1) is 30.2 Å². The Balaban J connectivity index is 1.96. The first-order valence-corrected chi connectivity index (χ1v) is 7.16. The molecular weight excluding hydrogens is 264 g/mol. The zero-order valence-corrected chi connectivity index (χ0v) is 12.2. The molecule has 1 saturated heterocycles. The van der Waals surface area contributed by atoms with Gasteiger partial charge in [0.2, 0.25) is 5.91 Å². The van der Waals surface area contributed by atoms with E-state index in [9.17, 15) is 9.59 Å². The Hall–Kier alpha value is -1.43. The van der Waals surface area contributed by atoms with Gasteiger partial charge in [0, 0.05) is 18.5 Å². The molecule has 2 rings (SSSR count). The molecule has 0 N–H and O–H groups in total. The van der Waals surface area contributed by atoms with Crippen molar-refractivity contribution in [1.29, 1.82) is 0 Å². The lowest BCUT2D eigenvalue weighted by Gasteiger charge is -2.15. The van der Waals surface area contributed by atoms with Crippen molar-refractivity contribution >= 4 is 23.2 Å². The predicted octanol–water partition coefficient (Wildman–Crippen LogP) is 1.26. The second kappa shape index (κ2) is 5.69. The van der Waals surface area contributed by atoms with Crippen LogP contribution in [0.25, 0.3) is 0 Å². The molecule has 104 valence electrons. The summed E-state index contributed by atoms with van der Waals surface area (Å²) in [5, 5.41) is 2.87. The van der Waals surface area contributed by atoms with Crippen LogP contribution in [0.4, 0.5) is 0 Å². The van der Waals surface area contributed by atoms with Crippen LogP contribution in [-0.2, 0) is 20.7 Å². The summed E-state index contributed by atoms with van der Waals surface area (Å²) in [6.07, 6.45) is 0.310. The lowest BCUT2D eigenvalue weighted by Crippen LogP contribution is -2.31. The minimum atomic E-state index is -0.229. The van der Waals surface area contributed by atoms with Crippen molar-refractivity contribution in [1.82, 2.24) is 9.88 Å². The van der Waals surface area contributed by atoms with E-state index in [4.69, 9.17) is 4.74 Å². The molecule has 1 aromatic heterocycles. The molecule has 2 unspecified atom stereocenters. The number of likely N-dealkylation sites (tertiary alicyclic amines) is 1. The zero-order valence-electron chi connectivity index (χ0n) is 11.4. The number of rotatable bonds is 3. The molecule has 2 atom stereocenters. The molecule has 19 heavy (non-hydrogen) atoms. The highest BCUT2D eigenvalue weighted by Crippen LogP contribution is 2.24. The van der Waals surface area contributed by atoms with Crippen LogP contribution in [0, 0.1) is 18.8 Å². The van der Waals surface area contributed by atoms with Gasteiger partial charge in [0.25, 0.3) is 0 Å². The van der Waals surface area contributed by atoms with Gasteiger partial charge < -0.3 is 9.64 Å². The summed E-state index contributed by atoms with van der Waals surface area (Å²) in [6, 6.07) is 0. The molecule has 1 aromatic rings. The van der Waals surface area contributed by atoms with Gasteiger partial charge in [-0.15, -0.1) is 11.3 Å². The van der Waals surface area contributed by atoms with Gasteiger partial charge in [-0.05, 0) is 12.8 Å². The van der Waals surface area contributed by atoms with Gasteiger partial charge in [0.15, 0.2) is 0 Å². The molecule has 0 aliphatic carbocycles. The van der Waals surface area contributed by atoms with Gasteiger partial charge in [-0.3, -0.25) is 9.59 Å². The van der Waals surface area contributed by atoms with E-state index in [1.807, 2.05) is 19.2 Å². The number of aryl methyl sites for hydroxylation is 1. The molecule has 1 amide bonds. The molecule has 5 nitrogen and oxygen atoms in total. The summed E-state index contributed by atoms with van der Waals surface area (Å²) in [5.74, 6) is -0.254. The van der Waals surface area contributed by atoms with E-state index in [0.717, 1.165) is 10.7 Å². The monoisotopic (exact) mass is 282 g/mol. The quantitative estimate of drug-likeness (QED) is 0.783. The molecule has 1 aliphatic heterocycles. The number of esters is 1. The predicted molar refractivity (Wildman–Crippen MR) is 71.8 cm³/mol. The van der Waals surface area contributed by atoms with Crippen LogP contribution < -0.4 is 0 Å². The Bertz CT molecular complexity index is 486. The van der Waals surface area contributed by atoms with Crippen LogP contribution >= 0.6 is 11.3 Å². The first kappa shape index (κ1) is 14.0. The summed E-state index contributed by atoms with van der Waals surface area (Å²) in [5.41, 5.74) is 0.807. The number of nitrogens with zero attached hydrogens (tertiary/aromatic N) is 2. The molecule has 0 aromatic carbocycles. The van der Waals surface area contributed by atoms with Gasteiger partial charge in [-0.2, -0.15) is 0 Å². The maximum atomic E-state index is 12.2. The smallest absolute Gasteiger partial charge is 0.310 e. The molecule has 0 saturated carbocycles. The van der Waals surface area contributed by atoms with Crippen LogP contribution in [0.5, 0.6) is 0 Å². The number of methoxy groups -OCH3 is 1. The molecule has 1 fully saturated rings. The lowest BCUT2D eigenvalue weighted by molar-refractivity contribution is -0.146. The maximum absolute atomic E-state index is 12.2. The molecular formula is C13H18N2O3S. The van der Waals surface area contributed by atoms with E-state index in [2.05, 4.69) is 4.98 Å². The molecule has 2 heterocycles. The summed E-state index contributed by atoms with van der Waals surface area (Å²) < 4.78 is 4.77. The average Bonchev–Trinajstić information content (AvgIpc) is 2.95. The van der Waals surface area contributed by atoms with Crippen molar-refractivity contribution < 1.29 is 14.3 Å². The maximum Gasteiger partial charge on any atom is 0.310 e. The number of hydrogen-bond acceptors (Lipinski definition) is 5. The highest BCUT2D eigenvalue weighted by atomic mass is 32.1. The SMILES string of the molecule is COC(=O)C1CN(C(=O)Cc2csc(C)n2)CC1C. The van der Waals surface area contributed by atoms with E-state index in [0.29, 0.717) is 19.5 Å². The van der Waals surface area contributed by atoms with Crippen molar-refractivity contribution in [3.8, 4) is 0 Å². The molecule has 0 radical (unpaired) electrons. The standard InChI is InChI=1S/C13H18N2O3S/c1-8-5-15(6-11(8)13(17)18-3)12(16)4-10-7-19-9(2)14-10/h7-8,11H,4-6H2,1-3H3. The normalized spacial score (nSPS) is 22.6. The third kappa shape index (κ3) is 3.12. The van der Waals surface area contributed by atoms with Crippen LogP contribution in [0.1, 0.15) is 17.6 Å². The number of carbonyl (C=O) groups is 2. The molecule has 1 aliphatic rings. The van der Waals surface area contributed by atoms with E-state index >= 15 is 0 Å². The first-order valence-electron chi connectivity index (χ1n) is 6.28. The number of aromatic nitrogens is 1. The summed E-state index contributed by atoms with van der Waals surface area (Å²) in [4.78, 5) is 29.8. The van der Waals surface area contributed by atoms with E-state index in [1.165, 1.54) is 7.11 Å². The van der Waals surface area contributed by atoms with Crippen molar-refractivity contribution in [3.63, 3.8) is 0 Å². The Morgan fingerprint density at radius 2 is 2.26 bits per heavy atom. The van der Waals surface area contributed by atoms with Crippen LogP contribution in [0.3, 0.4) is 0 Å². The number of ether oxygens (including phenoxy) is 1. The number of hydrogen-bond donors (Lipinski definition) is 0. The van der Waals surface area contributed by atoms with Crippen LogP contribution in [0.15, 0.2) is 5.38 Å². The Labute approximate surface area is 116 Å². The highest BCUT2D eigenvalue weighted by Gasteiger charge is 2.37. The topological polar surface area (TPSA) is 59.5 Å². The van der Waals surface area contributed by atoms with Gasteiger partial charge in [-0.1, -0.05) is 6.92 Å². The van der Waals surface area contributed by atoms with E-state index in [1.54, 1.807) is 16.2 Å². The number of amides is 1. The van der Waals surface area contributed by atoms with Crippen molar-refractivity contribution in [2.24, 2.45) is 11.8 Å². The summed E-state index contributed by atoms with van der Waals surface area (Å²) in [6.45, 7) is 4.96.